The van der Waals surface area contributed by atoms with E-state index in [2.05, 4.69) is 15.3 Å². The zero-order chi connectivity index (χ0) is 21.4. The van der Waals surface area contributed by atoms with E-state index in [0.717, 1.165) is 16.8 Å². The van der Waals surface area contributed by atoms with Crippen LogP contribution in [0.4, 0.5) is 13.2 Å². The molecule has 2 heterocycles. The third-order valence-electron chi connectivity index (χ3n) is 3.94. The van der Waals surface area contributed by atoms with E-state index in [1.54, 1.807) is 11.5 Å². The van der Waals surface area contributed by atoms with Gasteiger partial charge in [-0.05, 0) is 37.3 Å². The Hall–Kier alpha value is -3.22. The van der Waals surface area contributed by atoms with Crippen molar-refractivity contribution < 1.29 is 31.5 Å². The van der Waals surface area contributed by atoms with Crippen molar-refractivity contribution in [3.63, 3.8) is 0 Å². The van der Waals surface area contributed by atoms with E-state index in [9.17, 15) is 26.4 Å². The Labute approximate surface area is 162 Å². The topological polar surface area (TPSA) is 120 Å². The maximum absolute atomic E-state index is 12.8. The van der Waals surface area contributed by atoms with Crippen LogP contribution in [0.1, 0.15) is 18.4 Å². The van der Waals surface area contributed by atoms with Crippen molar-refractivity contribution >= 4 is 39.0 Å². The fourth-order valence-electron chi connectivity index (χ4n) is 2.65. The van der Waals surface area contributed by atoms with Crippen molar-refractivity contribution in [2.45, 2.75) is 30.4 Å². The second-order valence-corrected chi connectivity index (χ2v) is 7.82. The van der Waals surface area contributed by atoms with E-state index >= 15 is 0 Å². The third kappa shape index (κ3) is 3.99. The summed E-state index contributed by atoms with van der Waals surface area (Å²) in [6.07, 6.45) is 4.43. The quantitative estimate of drug-likeness (QED) is 0.638. The summed E-state index contributed by atoms with van der Waals surface area (Å²) in [4.78, 5) is 14.0. The lowest BCUT2D eigenvalue weighted by Gasteiger charge is -2.08. The summed E-state index contributed by atoms with van der Waals surface area (Å²) < 4.78 is 64.4. The highest BCUT2D eigenvalue weighted by molar-refractivity contribution is 7.92. The molecule has 0 unspecified atom stereocenters. The van der Waals surface area contributed by atoms with Crippen LogP contribution in [0.2, 0.25) is 0 Å². The van der Waals surface area contributed by atoms with Gasteiger partial charge < -0.3 is 9.67 Å². The first-order valence-electron chi connectivity index (χ1n) is 8.14. The normalized spacial score (nSPS) is 12.8. The molecule has 0 atom stereocenters. The second kappa shape index (κ2) is 7.31. The predicted molar refractivity (Wildman–Crippen MR) is 95.2 cm³/mol. The molecule has 0 amide bonds. The number of hydrogen-bond donors (Lipinski definition) is 1. The Kier molecular flexibility index (Phi) is 5.17. The van der Waals surface area contributed by atoms with Gasteiger partial charge >= 0.3 is 11.5 Å². The van der Waals surface area contributed by atoms with Crippen molar-refractivity contribution in [3.8, 4) is 0 Å². The number of carboxylic acids is 1. The largest absolute Gasteiger partial charge is 0.501 e. The standard InChI is InChI=1S/C16H14F3N5O4S/c1-2-24-13-5-4-11(29(27,28)16(17,18)19)7-12(13)20-14(24)6-3-10-8-23(22-21-10)9-15(25)26/h3-8H,2,9H2,1H3,(H,25,26). The third-order valence-corrected chi connectivity index (χ3v) is 5.42. The van der Waals surface area contributed by atoms with Crippen LogP contribution >= 0.6 is 0 Å². The monoisotopic (exact) mass is 429 g/mol. The van der Waals surface area contributed by atoms with Crippen LogP contribution in [0.5, 0.6) is 0 Å². The summed E-state index contributed by atoms with van der Waals surface area (Å²) in [6, 6.07) is 3.04. The number of benzene rings is 1. The van der Waals surface area contributed by atoms with Gasteiger partial charge in [-0.3, -0.25) is 4.79 Å². The number of hydrogen-bond acceptors (Lipinski definition) is 6. The molecule has 0 saturated heterocycles. The van der Waals surface area contributed by atoms with Gasteiger partial charge in [0, 0.05) is 6.54 Å². The van der Waals surface area contributed by atoms with Gasteiger partial charge in [0.1, 0.15) is 18.1 Å². The fraction of sp³-hybridized carbons (Fsp3) is 0.250. The zero-order valence-electron chi connectivity index (χ0n) is 14.8. The molecule has 3 rings (SSSR count). The number of carbonyl (C=O) groups is 1. The molecule has 2 aromatic heterocycles. The van der Waals surface area contributed by atoms with Crippen molar-refractivity contribution in [1.29, 1.82) is 0 Å². The van der Waals surface area contributed by atoms with E-state index in [4.69, 9.17) is 5.11 Å². The van der Waals surface area contributed by atoms with Gasteiger partial charge in [-0.15, -0.1) is 5.10 Å². The van der Waals surface area contributed by atoms with E-state index < -0.39 is 26.2 Å². The van der Waals surface area contributed by atoms with Crippen LogP contribution in [0.25, 0.3) is 23.2 Å². The van der Waals surface area contributed by atoms with Crippen LogP contribution in [-0.2, 0) is 27.7 Å². The fourth-order valence-corrected chi connectivity index (χ4v) is 3.44. The molecule has 0 aliphatic rings. The number of carboxylic acid groups (broad SMARTS) is 1. The van der Waals surface area contributed by atoms with Crippen LogP contribution in [0.15, 0.2) is 29.3 Å². The van der Waals surface area contributed by atoms with Gasteiger partial charge in [0.05, 0.1) is 22.1 Å². The molecule has 0 spiro atoms. The first-order valence-corrected chi connectivity index (χ1v) is 9.63. The molecule has 0 bridgehead atoms. The number of imidazole rings is 1. The molecule has 3 aromatic rings. The lowest BCUT2D eigenvalue weighted by atomic mass is 10.3. The predicted octanol–water partition coefficient (Wildman–Crippen LogP) is 2.20. The number of aliphatic carboxylic acids is 1. The van der Waals surface area contributed by atoms with E-state index in [1.165, 1.54) is 24.4 Å². The van der Waals surface area contributed by atoms with Crippen LogP contribution < -0.4 is 0 Å². The number of aromatic nitrogens is 5. The number of alkyl halides is 3. The van der Waals surface area contributed by atoms with Crippen molar-refractivity contribution in [1.82, 2.24) is 24.5 Å². The maximum atomic E-state index is 12.8. The number of sulfone groups is 1. The lowest BCUT2D eigenvalue weighted by molar-refractivity contribution is -0.137. The summed E-state index contributed by atoms with van der Waals surface area (Å²) in [5, 5.41) is 16.2. The first-order chi connectivity index (χ1) is 13.5. The number of nitrogens with zero attached hydrogens (tertiary/aromatic N) is 5. The maximum Gasteiger partial charge on any atom is 0.501 e. The minimum absolute atomic E-state index is 0.0892. The van der Waals surface area contributed by atoms with E-state index in [0.29, 0.717) is 23.6 Å². The van der Waals surface area contributed by atoms with Crippen molar-refractivity contribution in [3.05, 3.63) is 35.9 Å². The highest BCUT2D eigenvalue weighted by Gasteiger charge is 2.47. The van der Waals surface area contributed by atoms with E-state index in [1.807, 2.05) is 0 Å². The summed E-state index contributed by atoms with van der Waals surface area (Å²) >= 11 is 0. The Balaban J connectivity index is 1.98. The van der Waals surface area contributed by atoms with E-state index in [-0.39, 0.29) is 12.1 Å². The summed E-state index contributed by atoms with van der Waals surface area (Å²) in [6.45, 7) is 1.86. The highest BCUT2D eigenvalue weighted by Crippen LogP contribution is 2.32. The Morgan fingerprint density at radius 1 is 1.28 bits per heavy atom. The van der Waals surface area contributed by atoms with Crippen LogP contribution in [-0.4, -0.2) is 49.5 Å². The van der Waals surface area contributed by atoms with Gasteiger partial charge in [0.25, 0.3) is 9.84 Å². The molecule has 0 saturated carbocycles. The van der Waals surface area contributed by atoms with Gasteiger partial charge in [-0.25, -0.2) is 18.1 Å². The number of fused-ring (bicyclic) bond motifs is 1. The van der Waals surface area contributed by atoms with Gasteiger partial charge in [0.15, 0.2) is 0 Å². The Morgan fingerprint density at radius 3 is 2.62 bits per heavy atom. The molecule has 9 nitrogen and oxygen atoms in total. The molecule has 13 heteroatoms. The number of aryl methyl sites for hydroxylation is 1. The van der Waals surface area contributed by atoms with Gasteiger partial charge in [-0.1, -0.05) is 5.21 Å². The smallest absolute Gasteiger partial charge is 0.480 e. The summed E-state index contributed by atoms with van der Waals surface area (Å²) in [7, 11) is -5.48. The van der Waals surface area contributed by atoms with Crippen LogP contribution in [0.3, 0.4) is 0 Å². The Bertz CT molecular complexity index is 1210. The molecule has 1 aromatic carbocycles. The minimum Gasteiger partial charge on any atom is -0.480 e. The summed E-state index contributed by atoms with van der Waals surface area (Å²) in [5.41, 5.74) is -4.51. The van der Waals surface area contributed by atoms with Crippen LogP contribution in [0, 0.1) is 0 Å². The molecule has 1 N–H and O–H groups in total. The molecule has 0 fully saturated rings. The second-order valence-electron chi connectivity index (χ2n) is 5.88. The molecule has 154 valence electrons. The first kappa shape index (κ1) is 20.5. The molecule has 0 aliphatic carbocycles. The van der Waals surface area contributed by atoms with Crippen molar-refractivity contribution in [2.24, 2.45) is 0 Å². The minimum atomic E-state index is -5.48. The molecular weight excluding hydrogens is 415 g/mol. The highest BCUT2D eigenvalue weighted by atomic mass is 32.2. The van der Waals surface area contributed by atoms with Gasteiger partial charge in [-0.2, -0.15) is 13.2 Å². The zero-order valence-corrected chi connectivity index (χ0v) is 15.6. The SMILES string of the molecule is CCn1c(C=Cc2cn(CC(=O)O)nn2)nc2cc(S(=O)(=O)C(F)(F)F)ccc21. The summed E-state index contributed by atoms with van der Waals surface area (Å²) in [5.74, 6) is -0.723. The number of rotatable bonds is 6. The molecule has 0 aliphatic heterocycles. The lowest BCUT2D eigenvalue weighted by Crippen LogP contribution is -2.23. The Morgan fingerprint density at radius 2 is 2.00 bits per heavy atom. The van der Waals surface area contributed by atoms with Gasteiger partial charge in [0.2, 0.25) is 0 Å². The average molecular weight is 429 g/mol. The molecule has 29 heavy (non-hydrogen) atoms. The molecule has 0 radical (unpaired) electrons. The average Bonchev–Trinajstić information content (AvgIpc) is 3.21. The number of halogens is 3. The molecular formula is C16H14F3N5O4S. The van der Waals surface area contributed by atoms with Crippen molar-refractivity contribution in [2.75, 3.05) is 0 Å².